The van der Waals surface area contributed by atoms with Crippen molar-refractivity contribution >= 4 is 28.3 Å². The molecule has 0 aliphatic rings. The molecule has 1 N–H and O–H groups in total. The van der Waals surface area contributed by atoms with E-state index in [2.05, 4.69) is 15.4 Å². The zero-order valence-corrected chi connectivity index (χ0v) is 14.3. The topological polar surface area (TPSA) is 86.1 Å². The van der Waals surface area contributed by atoms with Gasteiger partial charge in [0, 0.05) is 17.8 Å². The number of hydrogen-bond donors (Lipinski definition) is 1. The van der Waals surface area contributed by atoms with Gasteiger partial charge in [-0.25, -0.2) is 9.67 Å². The molecule has 3 rings (SSSR count). The lowest BCUT2D eigenvalue weighted by Crippen LogP contribution is -2.15. The summed E-state index contributed by atoms with van der Waals surface area (Å²) < 4.78 is 6.52. The van der Waals surface area contributed by atoms with E-state index < -0.39 is 0 Å². The second kappa shape index (κ2) is 7.71. The van der Waals surface area contributed by atoms with Crippen molar-refractivity contribution in [2.75, 3.05) is 11.9 Å². The van der Waals surface area contributed by atoms with Crippen LogP contribution in [-0.2, 0) is 16.0 Å². The van der Waals surface area contributed by atoms with E-state index in [1.165, 1.54) is 11.3 Å². The Morgan fingerprint density at radius 2 is 2.12 bits per heavy atom. The number of benzene rings is 1. The van der Waals surface area contributed by atoms with Crippen LogP contribution >= 0.6 is 11.3 Å². The van der Waals surface area contributed by atoms with Gasteiger partial charge in [0.2, 0.25) is 0 Å². The van der Waals surface area contributed by atoms with Crippen LogP contribution in [0.3, 0.4) is 0 Å². The zero-order chi connectivity index (χ0) is 17.6. The Balaban J connectivity index is 1.73. The van der Waals surface area contributed by atoms with E-state index in [0.29, 0.717) is 28.7 Å². The summed E-state index contributed by atoms with van der Waals surface area (Å²) in [6.45, 7) is 2.08. The van der Waals surface area contributed by atoms with Crippen LogP contribution in [0.2, 0.25) is 0 Å². The van der Waals surface area contributed by atoms with Crippen molar-refractivity contribution in [3.63, 3.8) is 0 Å². The quantitative estimate of drug-likeness (QED) is 0.686. The third kappa shape index (κ3) is 4.10. The molecule has 128 valence electrons. The molecule has 2 heterocycles. The normalized spacial score (nSPS) is 10.4. The summed E-state index contributed by atoms with van der Waals surface area (Å²) in [4.78, 5) is 28.3. The third-order valence-electron chi connectivity index (χ3n) is 3.30. The molecule has 3 aromatic rings. The first kappa shape index (κ1) is 16.8. The minimum absolute atomic E-state index is 0.0874. The van der Waals surface area contributed by atoms with Gasteiger partial charge < -0.3 is 4.74 Å². The fourth-order valence-electron chi connectivity index (χ4n) is 2.25. The number of thiazole rings is 1. The highest BCUT2D eigenvalue weighted by Gasteiger charge is 2.15. The zero-order valence-electron chi connectivity index (χ0n) is 13.5. The molecule has 7 nitrogen and oxygen atoms in total. The Morgan fingerprint density at radius 3 is 2.88 bits per heavy atom. The number of nitrogens with one attached hydrogen (secondary N) is 1. The number of hydrogen-bond acceptors (Lipinski definition) is 6. The van der Waals surface area contributed by atoms with Crippen LogP contribution in [0.15, 0.2) is 48.1 Å². The van der Waals surface area contributed by atoms with Crippen LogP contribution in [-0.4, -0.2) is 33.2 Å². The number of amides is 1. The Kier molecular flexibility index (Phi) is 5.20. The van der Waals surface area contributed by atoms with Crippen LogP contribution in [0.1, 0.15) is 23.0 Å². The highest BCUT2D eigenvalue weighted by molar-refractivity contribution is 7.14. The fourth-order valence-corrected chi connectivity index (χ4v) is 2.95. The van der Waals surface area contributed by atoms with Crippen LogP contribution in [0.5, 0.6) is 0 Å². The standard InChI is InChI=1S/C17H16N4O3S/c1-2-24-15(22)10-12-11-25-17(19-12)20-16(23)13-6-3-4-7-14(13)21-9-5-8-18-21/h3-9,11H,2,10H2,1H3,(H,19,20,23). The number of anilines is 1. The van der Waals surface area contributed by atoms with E-state index >= 15 is 0 Å². The van der Waals surface area contributed by atoms with E-state index in [0.717, 1.165) is 0 Å². The molecule has 0 radical (unpaired) electrons. The Morgan fingerprint density at radius 1 is 1.28 bits per heavy atom. The van der Waals surface area contributed by atoms with Crippen LogP contribution < -0.4 is 5.32 Å². The Hall–Kier alpha value is -3.00. The van der Waals surface area contributed by atoms with Gasteiger partial charge in [-0.05, 0) is 25.1 Å². The lowest BCUT2D eigenvalue weighted by atomic mass is 10.1. The molecule has 0 atom stereocenters. The van der Waals surface area contributed by atoms with Gasteiger partial charge in [-0.3, -0.25) is 14.9 Å². The van der Waals surface area contributed by atoms with Gasteiger partial charge >= 0.3 is 5.97 Å². The molecule has 0 aliphatic heterocycles. The van der Waals surface area contributed by atoms with E-state index in [9.17, 15) is 9.59 Å². The smallest absolute Gasteiger partial charge is 0.311 e. The first-order valence-electron chi connectivity index (χ1n) is 7.67. The van der Waals surface area contributed by atoms with Gasteiger partial charge in [0.05, 0.1) is 30.0 Å². The van der Waals surface area contributed by atoms with Crippen molar-refractivity contribution in [3.05, 3.63) is 59.4 Å². The largest absolute Gasteiger partial charge is 0.466 e. The first-order chi connectivity index (χ1) is 12.2. The van der Waals surface area contributed by atoms with E-state index in [-0.39, 0.29) is 18.3 Å². The van der Waals surface area contributed by atoms with Crippen LogP contribution in [0.25, 0.3) is 5.69 Å². The summed E-state index contributed by atoms with van der Waals surface area (Å²) >= 11 is 1.26. The SMILES string of the molecule is CCOC(=O)Cc1csc(NC(=O)c2ccccc2-n2cccn2)n1. The molecule has 0 fully saturated rings. The van der Waals surface area contributed by atoms with Crippen molar-refractivity contribution in [1.82, 2.24) is 14.8 Å². The van der Waals surface area contributed by atoms with Gasteiger partial charge in [-0.15, -0.1) is 11.3 Å². The average molecular weight is 356 g/mol. The summed E-state index contributed by atoms with van der Waals surface area (Å²) in [6, 6.07) is 8.96. The number of ether oxygens (including phenoxy) is 1. The number of nitrogens with zero attached hydrogens (tertiary/aromatic N) is 3. The summed E-state index contributed by atoms with van der Waals surface area (Å²) in [5.41, 5.74) is 1.72. The molecule has 0 bridgehead atoms. The predicted molar refractivity (Wildman–Crippen MR) is 94.0 cm³/mol. The van der Waals surface area contributed by atoms with Crippen molar-refractivity contribution in [1.29, 1.82) is 0 Å². The maximum Gasteiger partial charge on any atom is 0.311 e. The van der Waals surface area contributed by atoms with Gasteiger partial charge in [-0.2, -0.15) is 5.10 Å². The molecule has 0 unspecified atom stereocenters. The minimum atomic E-state index is -0.338. The van der Waals surface area contributed by atoms with E-state index in [1.54, 1.807) is 47.6 Å². The van der Waals surface area contributed by atoms with Crippen molar-refractivity contribution in [3.8, 4) is 5.69 Å². The summed E-state index contributed by atoms with van der Waals surface area (Å²) in [5, 5.41) is 9.08. The number of para-hydroxylation sites is 1. The van der Waals surface area contributed by atoms with Gasteiger partial charge in [0.25, 0.3) is 5.91 Å². The molecule has 2 aromatic heterocycles. The highest BCUT2D eigenvalue weighted by atomic mass is 32.1. The van der Waals surface area contributed by atoms with Crippen LogP contribution in [0, 0.1) is 0 Å². The molecule has 1 aromatic carbocycles. The van der Waals surface area contributed by atoms with Gasteiger partial charge in [-0.1, -0.05) is 12.1 Å². The van der Waals surface area contributed by atoms with Crippen molar-refractivity contribution in [2.24, 2.45) is 0 Å². The summed E-state index contributed by atoms with van der Waals surface area (Å²) in [7, 11) is 0. The number of rotatable bonds is 6. The third-order valence-corrected chi connectivity index (χ3v) is 4.11. The molecule has 1 amide bonds. The average Bonchev–Trinajstić information content (AvgIpc) is 3.27. The minimum Gasteiger partial charge on any atom is -0.466 e. The van der Waals surface area contributed by atoms with Crippen LogP contribution in [0.4, 0.5) is 5.13 Å². The first-order valence-corrected chi connectivity index (χ1v) is 8.55. The number of carbonyl (C=O) groups is 2. The molecule has 25 heavy (non-hydrogen) atoms. The number of aromatic nitrogens is 3. The summed E-state index contributed by atoms with van der Waals surface area (Å²) in [6.07, 6.45) is 3.51. The molecule has 0 saturated carbocycles. The molecule has 0 aliphatic carbocycles. The molecule has 8 heteroatoms. The van der Waals surface area contributed by atoms with Gasteiger partial charge in [0.15, 0.2) is 5.13 Å². The Labute approximate surface area is 148 Å². The van der Waals surface area contributed by atoms with E-state index in [1.807, 2.05) is 12.1 Å². The Bertz CT molecular complexity index is 874. The fraction of sp³-hybridized carbons (Fsp3) is 0.176. The van der Waals surface area contributed by atoms with Crippen molar-refractivity contribution in [2.45, 2.75) is 13.3 Å². The lowest BCUT2D eigenvalue weighted by Gasteiger charge is -2.08. The molecular weight excluding hydrogens is 340 g/mol. The molecule has 0 saturated heterocycles. The highest BCUT2D eigenvalue weighted by Crippen LogP contribution is 2.19. The van der Waals surface area contributed by atoms with Gasteiger partial charge in [0.1, 0.15) is 0 Å². The van der Waals surface area contributed by atoms with Crippen molar-refractivity contribution < 1.29 is 14.3 Å². The maximum atomic E-state index is 12.6. The van der Waals surface area contributed by atoms with E-state index in [4.69, 9.17) is 4.74 Å². The second-order valence-electron chi connectivity index (χ2n) is 5.05. The monoisotopic (exact) mass is 356 g/mol. The maximum absolute atomic E-state index is 12.6. The number of carbonyl (C=O) groups excluding carboxylic acids is 2. The molecule has 0 spiro atoms. The lowest BCUT2D eigenvalue weighted by molar-refractivity contribution is -0.142. The number of esters is 1. The molecular formula is C17H16N4O3S. The summed E-state index contributed by atoms with van der Waals surface area (Å²) in [5.74, 6) is -0.627. The predicted octanol–water partition coefficient (Wildman–Crippen LogP) is 2.69. The second-order valence-corrected chi connectivity index (χ2v) is 5.91.